The number of alkyl halides is 1. The first-order valence-electron chi connectivity index (χ1n) is 10.4. The van der Waals surface area contributed by atoms with Gasteiger partial charge in [-0.05, 0) is 56.8 Å². The van der Waals surface area contributed by atoms with Crippen LogP contribution in [0.2, 0.25) is 0 Å². The highest BCUT2D eigenvalue weighted by Crippen LogP contribution is 2.26. The van der Waals surface area contributed by atoms with Gasteiger partial charge in [0, 0.05) is 17.0 Å². The molecule has 1 aliphatic heterocycles. The first kappa shape index (κ1) is 22.2. The van der Waals surface area contributed by atoms with Crippen LogP contribution in [0, 0.1) is 17.6 Å². The summed E-state index contributed by atoms with van der Waals surface area (Å²) in [5, 5.41) is 5.76. The average molecular weight is 427 g/mol. The number of hydrogen-bond donors (Lipinski definition) is 1. The lowest BCUT2D eigenvalue weighted by Gasteiger charge is -2.14. The highest BCUT2D eigenvalue weighted by atomic mass is 32.1. The Hall–Kier alpha value is -1.44. The molecule has 0 saturated carbocycles. The highest BCUT2D eigenvalue weighted by molar-refractivity contribution is 7.13. The minimum atomic E-state index is -0.974. The van der Waals surface area contributed by atoms with Crippen molar-refractivity contribution in [3.63, 3.8) is 0 Å². The Kier molecular flexibility index (Phi) is 8.95. The van der Waals surface area contributed by atoms with E-state index >= 15 is 0 Å². The van der Waals surface area contributed by atoms with E-state index < -0.39 is 17.8 Å². The molecule has 3 nitrogen and oxygen atoms in total. The number of halogens is 3. The smallest absolute Gasteiger partial charge is 0.126 e. The lowest BCUT2D eigenvalue weighted by Crippen LogP contribution is -2.20. The molecule has 1 aromatic heterocycles. The standard InChI is InChI=1S/C22H29F3N2OS/c23-18(7-2-1-5-16-6-3-4-8-26-12-16)13-28-14-21-15-29-22(27-21)17-9-19(24)11-20(25)10-17/h9-11,15-16,18,26H,1-8,12-14H2/t16?,18-/m1/s1. The van der Waals surface area contributed by atoms with Crippen LogP contribution >= 0.6 is 11.3 Å². The van der Waals surface area contributed by atoms with Gasteiger partial charge in [-0.15, -0.1) is 11.3 Å². The van der Waals surface area contributed by atoms with Gasteiger partial charge in [-0.25, -0.2) is 18.2 Å². The van der Waals surface area contributed by atoms with E-state index in [1.807, 2.05) is 0 Å². The highest BCUT2D eigenvalue weighted by Gasteiger charge is 2.13. The van der Waals surface area contributed by atoms with Crippen molar-refractivity contribution in [1.29, 1.82) is 0 Å². The maximum Gasteiger partial charge on any atom is 0.126 e. The Labute approximate surface area is 174 Å². The van der Waals surface area contributed by atoms with Crippen molar-refractivity contribution < 1.29 is 17.9 Å². The lowest BCUT2D eigenvalue weighted by molar-refractivity contribution is 0.0639. The second-order valence-corrected chi connectivity index (χ2v) is 8.62. The summed E-state index contributed by atoms with van der Waals surface area (Å²) in [7, 11) is 0. The third-order valence-corrected chi connectivity index (χ3v) is 6.18. The molecule has 3 rings (SSSR count). The van der Waals surface area contributed by atoms with Gasteiger partial charge in [0.05, 0.1) is 18.9 Å². The lowest BCUT2D eigenvalue weighted by atomic mass is 9.96. The maximum absolute atomic E-state index is 14.1. The predicted molar refractivity (Wildman–Crippen MR) is 111 cm³/mol. The molecule has 7 heteroatoms. The van der Waals surface area contributed by atoms with Crippen LogP contribution in [-0.4, -0.2) is 30.9 Å². The monoisotopic (exact) mass is 426 g/mol. The Bertz CT molecular complexity index is 727. The van der Waals surface area contributed by atoms with E-state index in [0.717, 1.165) is 37.9 Å². The molecule has 1 saturated heterocycles. The Balaban J connectivity index is 1.32. The number of nitrogens with one attached hydrogen (secondary N) is 1. The SMILES string of the molecule is Fc1cc(F)cc(-c2nc(COC[C@H](F)CCCCC3CCCCNC3)cs2)c1. The Morgan fingerprint density at radius 2 is 2.00 bits per heavy atom. The molecule has 1 aromatic carbocycles. The Morgan fingerprint density at radius 3 is 2.83 bits per heavy atom. The number of ether oxygens (including phenoxy) is 1. The summed E-state index contributed by atoms with van der Waals surface area (Å²) in [6.07, 6.45) is 6.50. The van der Waals surface area contributed by atoms with Crippen molar-refractivity contribution in [2.45, 2.75) is 57.7 Å². The van der Waals surface area contributed by atoms with Gasteiger partial charge < -0.3 is 10.1 Å². The quantitative estimate of drug-likeness (QED) is 0.481. The van der Waals surface area contributed by atoms with Gasteiger partial charge in [-0.1, -0.05) is 19.3 Å². The molecular weight excluding hydrogens is 397 g/mol. The fraction of sp³-hybridized carbons (Fsp3) is 0.591. The molecule has 29 heavy (non-hydrogen) atoms. The predicted octanol–water partition coefficient (Wildman–Crippen LogP) is 5.89. The maximum atomic E-state index is 14.1. The molecule has 2 aromatic rings. The average Bonchev–Trinajstić information content (AvgIpc) is 3.00. The van der Waals surface area contributed by atoms with Crippen molar-refractivity contribution in [3.05, 3.63) is 40.9 Å². The normalized spacial score (nSPS) is 18.5. The molecule has 1 aliphatic rings. The molecule has 2 atom stereocenters. The Morgan fingerprint density at radius 1 is 1.17 bits per heavy atom. The summed E-state index contributed by atoms with van der Waals surface area (Å²) in [6, 6.07) is 3.32. The minimum absolute atomic E-state index is 0.0481. The van der Waals surface area contributed by atoms with Crippen LogP contribution in [0.3, 0.4) is 0 Å². The van der Waals surface area contributed by atoms with Crippen molar-refractivity contribution in [2.75, 3.05) is 19.7 Å². The third kappa shape index (κ3) is 7.72. The molecule has 0 radical (unpaired) electrons. The zero-order valence-corrected chi connectivity index (χ0v) is 17.5. The summed E-state index contributed by atoms with van der Waals surface area (Å²) < 4.78 is 46.2. The molecule has 160 valence electrons. The first-order chi connectivity index (χ1) is 14.1. The minimum Gasteiger partial charge on any atom is -0.372 e. The molecule has 1 unspecified atom stereocenters. The zero-order chi connectivity index (χ0) is 20.5. The molecule has 0 spiro atoms. The van der Waals surface area contributed by atoms with Gasteiger partial charge >= 0.3 is 0 Å². The van der Waals surface area contributed by atoms with E-state index in [1.54, 1.807) is 5.38 Å². The zero-order valence-electron chi connectivity index (χ0n) is 16.6. The topological polar surface area (TPSA) is 34.1 Å². The number of thiazole rings is 1. The van der Waals surface area contributed by atoms with Crippen molar-refractivity contribution in [1.82, 2.24) is 10.3 Å². The number of nitrogens with zero attached hydrogens (tertiary/aromatic N) is 1. The second-order valence-electron chi connectivity index (χ2n) is 7.76. The molecule has 0 bridgehead atoms. The fourth-order valence-electron chi connectivity index (χ4n) is 3.69. The van der Waals surface area contributed by atoms with Crippen LogP contribution in [0.1, 0.15) is 50.6 Å². The largest absolute Gasteiger partial charge is 0.372 e. The number of benzene rings is 1. The van der Waals surface area contributed by atoms with E-state index in [1.165, 1.54) is 49.2 Å². The van der Waals surface area contributed by atoms with Gasteiger partial charge in [0.25, 0.3) is 0 Å². The molecule has 1 N–H and O–H groups in total. The summed E-state index contributed by atoms with van der Waals surface area (Å²) in [5.74, 6) is -0.538. The van der Waals surface area contributed by atoms with E-state index in [9.17, 15) is 13.2 Å². The second kappa shape index (κ2) is 11.7. The van der Waals surface area contributed by atoms with E-state index in [0.29, 0.717) is 22.7 Å². The summed E-state index contributed by atoms with van der Waals surface area (Å²) in [4.78, 5) is 4.33. The molecular formula is C22H29F3N2OS. The van der Waals surface area contributed by atoms with Crippen molar-refractivity contribution in [2.24, 2.45) is 5.92 Å². The van der Waals surface area contributed by atoms with Crippen LogP contribution in [-0.2, 0) is 11.3 Å². The summed E-state index contributed by atoms with van der Waals surface area (Å²) in [5.41, 5.74) is 1.04. The van der Waals surface area contributed by atoms with Crippen LogP contribution in [0.5, 0.6) is 0 Å². The summed E-state index contributed by atoms with van der Waals surface area (Å²) >= 11 is 1.29. The van der Waals surface area contributed by atoms with Gasteiger partial charge in [-0.3, -0.25) is 0 Å². The first-order valence-corrected chi connectivity index (χ1v) is 11.3. The van der Waals surface area contributed by atoms with Gasteiger partial charge in [0.2, 0.25) is 0 Å². The van der Waals surface area contributed by atoms with Crippen LogP contribution in [0.25, 0.3) is 10.6 Å². The van der Waals surface area contributed by atoms with Gasteiger partial charge in [0.1, 0.15) is 22.8 Å². The van der Waals surface area contributed by atoms with Crippen LogP contribution in [0.15, 0.2) is 23.6 Å². The molecule has 0 amide bonds. The van der Waals surface area contributed by atoms with Crippen molar-refractivity contribution >= 4 is 11.3 Å². The fourth-order valence-corrected chi connectivity index (χ4v) is 4.49. The van der Waals surface area contributed by atoms with E-state index in [-0.39, 0.29) is 13.2 Å². The number of aromatic nitrogens is 1. The van der Waals surface area contributed by atoms with E-state index in [2.05, 4.69) is 10.3 Å². The van der Waals surface area contributed by atoms with Gasteiger partial charge in [0.15, 0.2) is 0 Å². The number of unbranched alkanes of at least 4 members (excludes halogenated alkanes) is 1. The van der Waals surface area contributed by atoms with Crippen LogP contribution < -0.4 is 5.32 Å². The molecule has 1 fully saturated rings. The number of hydrogen-bond acceptors (Lipinski definition) is 4. The number of rotatable bonds is 10. The molecule has 0 aliphatic carbocycles. The van der Waals surface area contributed by atoms with Crippen molar-refractivity contribution in [3.8, 4) is 10.6 Å². The third-order valence-electron chi connectivity index (χ3n) is 5.24. The molecule has 2 heterocycles. The summed E-state index contributed by atoms with van der Waals surface area (Å²) in [6.45, 7) is 2.47. The van der Waals surface area contributed by atoms with E-state index in [4.69, 9.17) is 4.74 Å². The van der Waals surface area contributed by atoms with Crippen LogP contribution in [0.4, 0.5) is 13.2 Å². The van der Waals surface area contributed by atoms with Gasteiger partial charge in [-0.2, -0.15) is 0 Å².